The van der Waals surface area contributed by atoms with Gasteiger partial charge in [0.15, 0.2) is 5.12 Å². The summed E-state index contributed by atoms with van der Waals surface area (Å²) in [5.74, 6) is 1.55. The van der Waals surface area contributed by atoms with E-state index in [-0.39, 0.29) is 0 Å². The van der Waals surface area contributed by atoms with Crippen LogP contribution in [0.25, 0.3) is 0 Å². The maximum absolute atomic E-state index is 11.4. The highest BCUT2D eigenvalue weighted by molar-refractivity contribution is 8.13. The van der Waals surface area contributed by atoms with Crippen LogP contribution in [0.5, 0.6) is 0 Å². The average Bonchev–Trinajstić information content (AvgIpc) is 2.17. The number of hydrogen-bond donors (Lipinski definition) is 0. The monoisotopic (exact) mass is 216 g/mol. The molecule has 0 aromatic heterocycles. The van der Waals surface area contributed by atoms with Gasteiger partial charge in [-0.2, -0.15) is 0 Å². The number of carbonyl (C=O) groups excluding carboxylic acids is 1. The topological polar surface area (TPSA) is 17.1 Å². The molecule has 0 heterocycles. The molecule has 1 atom stereocenters. The zero-order chi connectivity index (χ0) is 10.8. The number of rotatable bonds is 8. The van der Waals surface area contributed by atoms with E-state index in [9.17, 15) is 4.79 Å². The van der Waals surface area contributed by atoms with E-state index >= 15 is 0 Å². The number of thioether (sulfide) groups is 1. The normalized spacial score (nSPS) is 12.8. The predicted octanol–water partition coefficient (Wildman–Crippen LogP) is 4.26. The molecule has 0 amide bonds. The Morgan fingerprint density at radius 2 is 1.93 bits per heavy atom. The second-order valence-corrected chi connectivity index (χ2v) is 5.10. The first-order valence-electron chi connectivity index (χ1n) is 5.90. The molecule has 0 N–H and O–H groups in total. The third-order valence-electron chi connectivity index (χ3n) is 2.55. The molecule has 0 aliphatic heterocycles. The maximum atomic E-state index is 11.4. The molecule has 1 nitrogen and oxygen atoms in total. The second-order valence-electron chi connectivity index (χ2n) is 3.78. The van der Waals surface area contributed by atoms with Gasteiger partial charge in [-0.25, -0.2) is 0 Å². The molecule has 0 aromatic carbocycles. The first kappa shape index (κ1) is 14.0. The first-order valence-corrected chi connectivity index (χ1v) is 6.88. The van der Waals surface area contributed by atoms with E-state index in [0.29, 0.717) is 11.0 Å². The Kier molecular flexibility index (Phi) is 9.58. The van der Waals surface area contributed by atoms with Crippen molar-refractivity contribution in [2.45, 2.75) is 59.3 Å². The molecular weight excluding hydrogens is 192 g/mol. The van der Waals surface area contributed by atoms with Crippen molar-refractivity contribution >= 4 is 16.9 Å². The molecule has 0 saturated carbocycles. The Morgan fingerprint density at radius 3 is 2.43 bits per heavy atom. The molecule has 0 aliphatic carbocycles. The van der Waals surface area contributed by atoms with Crippen LogP contribution in [0.3, 0.4) is 0 Å². The van der Waals surface area contributed by atoms with E-state index < -0.39 is 0 Å². The summed E-state index contributed by atoms with van der Waals surface area (Å²) >= 11 is 1.48. The molecule has 0 radical (unpaired) electrons. The van der Waals surface area contributed by atoms with Gasteiger partial charge >= 0.3 is 0 Å². The SMILES string of the molecule is CCCCC[C@@H](CC)CC(=O)SCC. The molecule has 0 spiro atoms. The third-order valence-corrected chi connectivity index (χ3v) is 3.33. The molecular formula is C12H24OS. The van der Waals surface area contributed by atoms with E-state index in [1.54, 1.807) is 0 Å². The van der Waals surface area contributed by atoms with E-state index in [1.165, 1.54) is 37.4 Å². The molecule has 0 saturated heterocycles. The van der Waals surface area contributed by atoms with Crippen molar-refractivity contribution in [1.29, 1.82) is 0 Å². The fourth-order valence-corrected chi connectivity index (χ4v) is 2.26. The van der Waals surface area contributed by atoms with Crippen molar-refractivity contribution in [2.75, 3.05) is 5.75 Å². The summed E-state index contributed by atoms with van der Waals surface area (Å²) in [5, 5.41) is 0.385. The molecule has 2 heteroatoms. The highest BCUT2D eigenvalue weighted by Crippen LogP contribution is 2.20. The van der Waals surface area contributed by atoms with Gasteiger partial charge in [0.2, 0.25) is 0 Å². The molecule has 0 bridgehead atoms. The average molecular weight is 216 g/mol. The van der Waals surface area contributed by atoms with Crippen LogP contribution in [-0.4, -0.2) is 10.9 Å². The van der Waals surface area contributed by atoms with Gasteiger partial charge in [0.1, 0.15) is 0 Å². The summed E-state index contributed by atoms with van der Waals surface area (Å²) in [7, 11) is 0. The zero-order valence-electron chi connectivity index (χ0n) is 9.84. The van der Waals surface area contributed by atoms with Crippen LogP contribution in [0, 0.1) is 5.92 Å². The molecule has 0 aromatic rings. The summed E-state index contributed by atoms with van der Waals surface area (Å²) in [6, 6.07) is 0. The molecule has 14 heavy (non-hydrogen) atoms. The van der Waals surface area contributed by atoms with Gasteiger partial charge in [-0.05, 0) is 11.7 Å². The second kappa shape index (κ2) is 9.57. The molecule has 0 aliphatic rings. The summed E-state index contributed by atoms with van der Waals surface area (Å²) < 4.78 is 0. The van der Waals surface area contributed by atoms with Crippen LogP contribution in [-0.2, 0) is 4.79 Å². The van der Waals surface area contributed by atoms with Crippen molar-refractivity contribution in [3.63, 3.8) is 0 Å². The lowest BCUT2D eigenvalue weighted by molar-refractivity contribution is -0.111. The highest BCUT2D eigenvalue weighted by Gasteiger charge is 2.11. The molecule has 0 fully saturated rings. The summed E-state index contributed by atoms with van der Waals surface area (Å²) in [4.78, 5) is 11.4. The van der Waals surface area contributed by atoms with Crippen LogP contribution >= 0.6 is 11.8 Å². The first-order chi connectivity index (χ1) is 6.74. The van der Waals surface area contributed by atoms with E-state index in [2.05, 4.69) is 13.8 Å². The van der Waals surface area contributed by atoms with Crippen LogP contribution in [0.4, 0.5) is 0 Å². The standard InChI is InChI=1S/C12H24OS/c1-4-7-8-9-11(5-2)10-12(13)14-6-3/h11H,4-10H2,1-3H3/t11-/m1/s1. The van der Waals surface area contributed by atoms with E-state index in [1.807, 2.05) is 6.92 Å². The third kappa shape index (κ3) is 7.43. The number of unbranched alkanes of at least 4 members (excludes halogenated alkanes) is 2. The Morgan fingerprint density at radius 1 is 1.21 bits per heavy atom. The Bertz CT molecular complexity index is 145. The Balaban J connectivity index is 3.61. The number of hydrogen-bond acceptors (Lipinski definition) is 2. The molecule has 0 unspecified atom stereocenters. The van der Waals surface area contributed by atoms with Gasteiger partial charge in [-0.15, -0.1) is 0 Å². The molecule has 84 valence electrons. The van der Waals surface area contributed by atoms with Gasteiger partial charge in [-0.1, -0.05) is 64.6 Å². The summed E-state index contributed by atoms with van der Waals surface area (Å²) in [6.45, 7) is 6.46. The lowest BCUT2D eigenvalue weighted by Gasteiger charge is -2.12. The lowest BCUT2D eigenvalue weighted by Crippen LogP contribution is -2.05. The van der Waals surface area contributed by atoms with Crippen molar-refractivity contribution in [3.8, 4) is 0 Å². The summed E-state index contributed by atoms with van der Waals surface area (Å²) in [6.07, 6.45) is 7.05. The maximum Gasteiger partial charge on any atom is 0.189 e. The summed E-state index contributed by atoms with van der Waals surface area (Å²) in [5.41, 5.74) is 0. The lowest BCUT2D eigenvalue weighted by atomic mass is 9.96. The van der Waals surface area contributed by atoms with E-state index in [4.69, 9.17) is 0 Å². The minimum atomic E-state index is 0.385. The minimum absolute atomic E-state index is 0.385. The zero-order valence-corrected chi connectivity index (χ0v) is 10.7. The van der Waals surface area contributed by atoms with Crippen molar-refractivity contribution in [2.24, 2.45) is 5.92 Å². The molecule has 0 rings (SSSR count). The fourth-order valence-electron chi connectivity index (χ4n) is 1.59. The van der Waals surface area contributed by atoms with Crippen LogP contribution < -0.4 is 0 Å². The minimum Gasteiger partial charge on any atom is -0.287 e. The van der Waals surface area contributed by atoms with Gasteiger partial charge < -0.3 is 0 Å². The van der Waals surface area contributed by atoms with Gasteiger partial charge in [0.25, 0.3) is 0 Å². The smallest absolute Gasteiger partial charge is 0.189 e. The van der Waals surface area contributed by atoms with Crippen molar-refractivity contribution in [3.05, 3.63) is 0 Å². The highest BCUT2D eigenvalue weighted by atomic mass is 32.2. The van der Waals surface area contributed by atoms with Gasteiger partial charge in [-0.3, -0.25) is 4.79 Å². The van der Waals surface area contributed by atoms with Crippen molar-refractivity contribution in [1.82, 2.24) is 0 Å². The quantitative estimate of drug-likeness (QED) is 0.564. The van der Waals surface area contributed by atoms with Gasteiger partial charge in [0, 0.05) is 6.42 Å². The van der Waals surface area contributed by atoms with Gasteiger partial charge in [0.05, 0.1) is 0 Å². The fraction of sp³-hybridized carbons (Fsp3) is 0.917. The predicted molar refractivity (Wildman–Crippen MR) is 65.7 cm³/mol. The van der Waals surface area contributed by atoms with Crippen LogP contribution in [0.2, 0.25) is 0 Å². The van der Waals surface area contributed by atoms with E-state index in [0.717, 1.165) is 18.6 Å². The van der Waals surface area contributed by atoms with Crippen LogP contribution in [0.1, 0.15) is 59.3 Å². The largest absolute Gasteiger partial charge is 0.287 e. The Hall–Kier alpha value is 0.0200. The Labute approximate surface area is 93.0 Å². The van der Waals surface area contributed by atoms with Crippen molar-refractivity contribution < 1.29 is 4.79 Å². The van der Waals surface area contributed by atoms with Crippen LogP contribution in [0.15, 0.2) is 0 Å². The number of carbonyl (C=O) groups is 1.